The molecule has 1 aliphatic heterocycles. The van der Waals surface area contributed by atoms with Crippen LogP contribution in [0, 0.1) is 11.3 Å². The first-order valence-corrected chi connectivity index (χ1v) is 18.8. The van der Waals surface area contributed by atoms with E-state index in [1.54, 1.807) is 0 Å². The third-order valence-corrected chi connectivity index (χ3v) is 11.3. The van der Waals surface area contributed by atoms with Gasteiger partial charge in [0.05, 0.1) is 38.8 Å². The normalized spacial score (nSPS) is 15.7. The molecule has 1 aliphatic rings. The first-order chi connectivity index (χ1) is 27.2. The van der Waals surface area contributed by atoms with E-state index in [0.717, 1.165) is 89.1 Å². The number of aromatic nitrogens is 2. The van der Waals surface area contributed by atoms with Gasteiger partial charge in [0.15, 0.2) is 5.58 Å². The zero-order valence-electron chi connectivity index (χ0n) is 30.1. The standard InChI is InChI=1S/C50H34N4O/c1-32-17-3-2-4-18-33-19-5-11-25-40(33)52(32)47-39(31-51)48(53-41-26-12-6-20-34(41)35-21-7-13-27-42(35)53)50-46(38-24-10-16-30-45(38)55-50)49(47)54-43-28-14-8-22-36(43)37-23-9-15-29-44(37)54/h2-17,19-30,32H,18H2,1H3/b4-2-,17-3-. The first kappa shape index (κ1) is 31.3. The summed E-state index contributed by atoms with van der Waals surface area (Å²) in [4.78, 5) is 2.40. The molecule has 260 valence electrons. The maximum absolute atomic E-state index is 11.9. The molecule has 0 saturated carbocycles. The third-order valence-electron chi connectivity index (χ3n) is 11.3. The number of hydrogen-bond acceptors (Lipinski definition) is 3. The number of anilines is 2. The van der Waals surface area contributed by atoms with Crippen molar-refractivity contribution in [2.24, 2.45) is 0 Å². The van der Waals surface area contributed by atoms with Gasteiger partial charge in [0, 0.05) is 38.7 Å². The molecule has 11 rings (SSSR count). The van der Waals surface area contributed by atoms with Crippen LogP contribution in [0.15, 0.2) is 174 Å². The molecule has 7 aromatic carbocycles. The SMILES string of the molecule is CC1/C=C\C=C/Cc2ccccc2N1c1c(C#N)c(-n2c3ccccc3c3ccccc32)c2oc3ccccc3c2c1-n1c2ccccc2c2ccccc21. The summed E-state index contributed by atoms with van der Waals surface area (Å²) in [7, 11) is 0. The molecule has 4 heterocycles. The Morgan fingerprint density at radius 1 is 0.564 bits per heavy atom. The molecule has 0 saturated heterocycles. The average Bonchev–Trinajstić information content (AvgIpc) is 3.90. The van der Waals surface area contributed by atoms with Gasteiger partial charge in [-0.1, -0.05) is 133 Å². The van der Waals surface area contributed by atoms with Crippen LogP contribution in [0.25, 0.3) is 76.9 Å². The molecule has 1 unspecified atom stereocenters. The highest BCUT2D eigenvalue weighted by atomic mass is 16.3. The van der Waals surface area contributed by atoms with Crippen LogP contribution in [0.2, 0.25) is 0 Å². The zero-order chi connectivity index (χ0) is 36.6. The van der Waals surface area contributed by atoms with E-state index in [-0.39, 0.29) is 6.04 Å². The molecule has 0 fully saturated rings. The summed E-state index contributed by atoms with van der Waals surface area (Å²) < 4.78 is 11.7. The Bertz CT molecular complexity index is 3180. The monoisotopic (exact) mass is 706 g/mol. The van der Waals surface area contributed by atoms with Crippen LogP contribution in [0.1, 0.15) is 18.1 Å². The van der Waals surface area contributed by atoms with Crippen molar-refractivity contribution >= 4 is 76.9 Å². The number of hydrogen-bond donors (Lipinski definition) is 0. The summed E-state index contributed by atoms with van der Waals surface area (Å²) in [6, 6.07) is 53.8. The van der Waals surface area contributed by atoms with Crippen LogP contribution >= 0.6 is 0 Å². The fourth-order valence-corrected chi connectivity index (χ4v) is 9.05. The minimum absolute atomic E-state index is 0.135. The van der Waals surface area contributed by atoms with Crippen molar-refractivity contribution in [2.75, 3.05) is 4.90 Å². The Labute approximate surface area is 317 Å². The van der Waals surface area contributed by atoms with E-state index in [2.05, 4.69) is 185 Å². The van der Waals surface area contributed by atoms with E-state index >= 15 is 0 Å². The third kappa shape index (κ3) is 4.46. The van der Waals surface area contributed by atoms with Gasteiger partial charge in [0.25, 0.3) is 0 Å². The van der Waals surface area contributed by atoms with Gasteiger partial charge in [0.1, 0.15) is 22.9 Å². The Kier molecular flexibility index (Phi) is 6.89. The van der Waals surface area contributed by atoms with Gasteiger partial charge < -0.3 is 18.5 Å². The van der Waals surface area contributed by atoms with Crippen LogP contribution in [-0.4, -0.2) is 15.2 Å². The Morgan fingerprint density at radius 2 is 1.07 bits per heavy atom. The van der Waals surface area contributed by atoms with Crippen molar-refractivity contribution in [1.82, 2.24) is 9.13 Å². The number of furan rings is 1. The summed E-state index contributed by atoms with van der Waals surface area (Å²) in [5.74, 6) is 0. The van der Waals surface area contributed by atoms with E-state index in [9.17, 15) is 5.26 Å². The van der Waals surface area contributed by atoms with Crippen molar-refractivity contribution in [1.29, 1.82) is 5.26 Å². The smallest absolute Gasteiger partial charge is 0.163 e. The largest absolute Gasteiger partial charge is 0.454 e. The first-order valence-electron chi connectivity index (χ1n) is 18.8. The van der Waals surface area contributed by atoms with Crippen molar-refractivity contribution in [3.05, 3.63) is 181 Å². The van der Waals surface area contributed by atoms with Crippen molar-refractivity contribution in [3.63, 3.8) is 0 Å². The predicted molar refractivity (Wildman–Crippen MR) is 227 cm³/mol. The van der Waals surface area contributed by atoms with Crippen LogP contribution in [0.3, 0.4) is 0 Å². The molecular formula is C50H34N4O. The van der Waals surface area contributed by atoms with E-state index in [1.807, 2.05) is 12.1 Å². The number of allylic oxidation sites excluding steroid dienone is 3. The molecule has 3 aromatic heterocycles. The fourth-order valence-electron chi connectivity index (χ4n) is 9.05. The molecule has 0 aliphatic carbocycles. The van der Waals surface area contributed by atoms with Crippen LogP contribution in [0.4, 0.5) is 11.4 Å². The second kappa shape index (κ2) is 12.1. The summed E-state index contributed by atoms with van der Waals surface area (Å²) in [5, 5.41) is 18.4. The van der Waals surface area contributed by atoms with E-state index in [0.29, 0.717) is 11.1 Å². The van der Waals surface area contributed by atoms with Crippen LogP contribution < -0.4 is 4.90 Å². The second-order valence-electron chi connectivity index (χ2n) is 14.3. The molecule has 0 N–H and O–H groups in total. The van der Waals surface area contributed by atoms with Gasteiger partial charge in [-0.3, -0.25) is 0 Å². The van der Waals surface area contributed by atoms with E-state index < -0.39 is 0 Å². The lowest BCUT2D eigenvalue weighted by molar-refractivity contribution is 0.666. The van der Waals surface area contributed by atoms with Gasteiger partial charge in [-0.05, 0) is 55.3 Å². The molecule has 0 amide bonds. The highest BCUT2D eigenvalue weighted by Crippen LogP contribution is 2.51. The number of fused-ring (bicyclic) bond motifs is 10. The van der Waals surface area contributed by atoms with Gasteiger partial charge in [-0.15, -0.1) is 0 Å². The van der Waals surface area contributed by atoms with E-state index in [1.165, 1.54) is 5.56 Å². The molecule has 0 spiro atoms. The topological polar surface area (TPSA) is 50.0 Å². The number of rotatable bonds is 3. The van der Waals surface area contributed by atoms with Crippen molar-refractivity contribution in [3.8, 4) is 17.4 Å². The minimum Gasteiger partial charge on any atom is -0.454 e. The average molecular weight is 707 g/mol. The molecule has 0 bridgehead atoms. The van der Waals surface area contributed by atoms with Gasteiger partial charge in [-0.25, -0.2) is 0 Å². The maximum Gasteiger partial charge on any atom is 0.163 e. The summed E-state index contributed by atoms with van der Waals surface area (Å²) in [6.07, 6.45) is 9.46. The van der Waals surface area contributed by atoms with E-state index in [4.69, 9.17) is 4.42 Å². The summed E-state index contributed by atoms with van der Waals surface area (Å²) in [5.41, 5.74) is 10.9. The minimum atomic E-state index is -0.135. The fraction of sp³-hybridized carbons (Fsp3) is 0.0600. The molecule has 5 heteroatoms. The molecule has 5 nitrogen and oxygen atoms in total. The maximum atomic E-state index is 11.9. The lowest BCUT2D eigenvalue weighted by Gasteiger charge is -2.35. The molecular weight excluding hydrogens is 673 g/mol. The Hall–Kier alpha value is -7.29. The lowest BCUT2D eigenvalue weighted by atomic mass is 9.98. The summed E-state index contributed by atoms with van der Waals surface area (Å²) in [6.45, 7) is 2.22. The lowest BCUT2D eigenvalue weighted by Crippen LogP contribution is -2.30. The highest BCUT2D eigenvalue weighted by Gasteiger charge is 2.34. The second-order valence-corrected chi connectivity index (χ2v) is 14.3. The number of nitrogens with zero attached hydrogens (tertiary/aromatic N) is 4. The highest BCUT2D eigenvalue weighted by molar-refractivity contribution is 6.21. The number of benzene rings is 7. The van der Waals surface area contributed by atoms with Gasteiger partial charge >= 0.3 is 0 Å². The molecule has 0 radical (unpaired) electrons. The molecule has 1 atom stereocenters. The van der Waals surface area contributed by atoms with Gasteiger partial charge in [0.2, 0.25) is 0 Å². The Balaban J connectivity index is 1.45. The van der Waals surface area contributed by atoms with Crippen molar-refractivity contribution in [2.45, 2.75) is 19.4 Å². The van der Waals surface area contributed by atoms with Crippen LogP contribution in [0.5, 0.6) is 0 Å². The predicted octanol–water partition coefficient (Wildman–Crippen LogP) is 12.8. The van der Waals surface area contributed by atoms with Crippen molar-refractivity contribution < 1.29 is 4.42 Å². The van der Waals surface area contributed by atoms with Crippen LogP contribution in [-0.2, 0) is 6.42 Å². The molecule has 55 heavy (non-hydrogen) atoms. The number of nitriles is 1. The quantitative estimate of drug-likeness (QED) is 0.184. The Morgan fingerprint density at radius 3 is 1.67 bits per heavy atom. The summed E-state index contributed by atoms with van der Waals surface area (Å²) >= 11 is 0. The number of para-hydroxylation sites is 6. The van der Waals surface area contributed by atoms with Gasteiger partial charge in [-0.2, -0.15) is 5.26 Å². The molecule has 10 aromatic rings. The zero-order valence-corrected chi connectivity index (χ0v) is 30.1.